The lowest BCUT2D eigenvalue weighted by atomic mass is 9.66. The Hall–Kier alpha value is -3.28. The Labute approximate surface area is 247 Å². The van der Waals surface area contributed by atoms with Gasteiger partial charge in [-0.2, -0.15) is 0 Å². The summed E-state index contributed by atoms with van der Waals surface area (Å²) in [5.74, 6) is -1.82. The van der Waals surface area contributed by atoms with E-state index in [1.54, 1.807) is 28.9 Å². The highest BCUT2D eigenvalue weighted by Gasteiger charge is 2.50. The van der Waals surface area contributed by atoms with Crippen LogP contribution in [0.5, 0.6) is 5.75 Å². The van der Waals surface area contributed by atoms with Crippen LogP contribution in [0, 0.1) is 17.3 Å². The van der Waals surface area contributed by atoms with Crippen molar-refractivity contribution in [1.82, 2.24) is 24.8 Å². The number of fused-ring (bicyclic) bond motifs is 1. The molecule has 42 heavy (non-hydrogen) atoms. The van der Waals surface area contributed by atoms with Crippen LogP contribution in [0.1, 0.15) is 80.9 Å². The molecule has 2 aromatic rings. The molecule has 2 fully saturated rings. The van der Waals surface area contributed by atoms with Crippen LogP contribution >= 0.6 is 11.6 Å². The van der Waals surface area contributed by atoms with Crippen molar-refractivity contribution in [2.45, 2.75) is 71.4 Å². The van der Waals surface area contributed by atoms with Gasteiger partial charge in [0.2, 0.25) is 11.8 Å². The number of nitrogens with zero attached hydrogens (tertiary/aromatic N) is 5. The summed E-state index contributed by atoms with van der Waals surface area (Å²) in [6.07, 6.45) is 0.623. The first-order valence-corrected chi connectivity index (χ1v) is 14.7. The molecule has 5 rings (SSSR count). The highest BCUT2D eigenvalue weighted by atomic mass is 35.5. The van der Waals surface area contributed by atoms with Crippen molar-refractivity contribution in [2.24, 2.45) is 24.3 Å². The summed E-state index contributed by atoms with van der Waals surface area (Å²) < 4.78 is 34.5. The summed E-state index contributed by atoms with van der Waals surface area (Å²) in [5, 5.41) is 18.1. The van der Waals surface area contributed by atoms with Gasteiger partial charge in [0.25, 0.3) is 6.43 Å². The molecule has 4 atom stereocenters. The number of halogens is 3. The first-order valence-electron chi connectivity index (χ1n) is 14.4. The molecule has 1 aliphatic carbocycles. The molecule has 0 spiro atoms. The number of likely N-dealkylation sites (tertiary alicyclic amines) is 1. The maximum absolute atomic E-state index is 14.3. The van der Waals surface area contributed by atoms with E-state index >= 15 is 0 Å². The van der Waals surface area contributed by atoms with E-state index in [0.717, 1.165) is 23.1 Å². The van der Waals surface area contributed by atoms with Crippen LogP contribution < -0.4 is 4.74 Å². The van der Waals surface area contributed by atoms with E-state index in [1.807, 2.05) is 6.92 Å². The minimum Gasteiger partial charge on any atom is -0.487 e. The van der Waals surface area contributed by atoms with E-state index < -0.39 is 29.8 Å². The van der Waals surface area contributed by atoms with Gasteiger partial charge in [0.1, 0.15) is 23.7 Å². The average molecular weight is 608 g/mol. The minimum atomic E-state index is -2.80. The molecule has 1 aromatic carbocycles. The number of carboxylic acid groups (broad SMARTS) is 1. The molecule has 13 heteroatoms. The second-order valence-corrected chi connectivity index (χ2v) is 12.3. The lowest BCUT2D eigenvalue weighted by Crippen LogP contribution is -2.52. The molecule has 228 valence electrons. The van der Waals surface area contributed by atoms with E-state index in [0.29, 0.717) is 55.1 Å². The van der Waals surface area contributed by atoms with Crippen LogP contribution in [0.2, 0.25) is 5.02 Å². The number of benzene rings is 1. The van der Waals surface area contributed by atoms with Crippen molar-refractivity contribution in [3.63, 3.8) is 0 Å². The number of aromatic nitrogens is 3. The van der Waals surface area contributed by atoms with Crippen molar-refractivity contribution in [3.8, 4) is 5.75 Å². The largest absolute Gasteiger partial charge is 0.487 e. The van der Waals surface area contributed by atoms with E-state index in [-0.39, 0.29) is 42.3 Å². The summed E-state index contributed by atoms with van der Waals surface area (Å²) in [6.45, 7) is 4.22. The number of hydrogen-bond donors (Lipinski definition) is 1. The van der Waals surface area contributed by atoms with E-state index in [4.69, 9.17) is 16.3 Å². The van der Waals surface area contributed by atoms with E-state index in [2.05, 4.69) is 10.3 Å². The molecule has 2 aliphatic heterocycles. The molecule has 1 aromatic heterocycles. The predicted octanol–water partition coefficient (Wildman–Crippen LogP) is 4.56. The Kier molecular flexibility index (Phi) is 8.46. The first kappa shape index (κ1) is 30.2. The zero-order valence-corrected chi connectivity index (χ0v) is 24.7. The Bertz CT molecular complexity index is 1390. The summed E-state index contributed by atoms with van der Waals surface area (Å²) in [4.78, 5) is 43.1. The Morgan fingerprint density at radius 3 is 2.67 bits per heavy atom. The zero-order valence-electron chi connectivity index (χ0n) is 24.0. The summed E-state index contributed by atoms with van der Waals surface area (Å²) in [7, 11) is 1.38. The van der Waals surface area contributed by atoms with Crippen LogP contribution in [0.4, 0.5) is 8.78 Å². The summed E-state index contributed by atoms with van der Waals surface area (Å²) in [5.41, 5.74) is -0.221. The number of amides is 2. The van der Waals surface area contributed by atoms with Gasteiger partial charge in [0.05, 0.1) is 17.4 Å². The molecule has 3 heterocycles. The van der Waals surface area contributed by atoms with Gasteiger partial charge in [-0.15, -0.1) is 5.10 Å². The molecular formula is C29H36ClF2N5O5. The number of carbonyl (C=O) groups excluding carboxylic acids is 2. The second kappa shape index (κ2) is 11.8. The summed E-state index contributed by atoms with van der Waals surface area (Å²) in [6, 6.07) is 2.64. The smallest absolute Gasteiger partial charge is 0.310 e. The Morgan fingerprint density at radius 1 is 1.24 bits per heavy atom. The quantitative estimate of drug-likeness (QED) is 0.467. The Balaban J connectivity index is 1.54. The Morgan fingerprint density at radius 2 is 2.00 bits per heavy atom. The number of aliphatic carboxylic acids is 1. The lowest BCUT2D eigenvalue weighted by Gasteiger charge is -2.45. The number of carboxylic acids is 1. The number of aryl methyl sites for hydroxylation is 1. The highest BCUT2D eigenvalue weighted by molar-refractivity contribution is 6.31. The molecule has 0 bridgehead atoms. The summed E-state index contributed by atoms with van der Waals surface area (Å²) >= 11 is 6.66. The normalized spacial score (nSPS) is 26.1. The molecule has 0 radical (unpaired) electrons. The van der Waals surface area contributed by atoms with Gasteiger partial charge < -0.3 is 19.6 Å². The third kappa shape index (κ3) is 5.33. The van der Waals surface area contributed by atoms with Crippen LogP contribution in [0.3, 0.4) is 0 Å². The molecule has 3 aliphatic rings. The van der Waals surface area contributed by atoms with Crippen molar-refractivity contribution in [2.75, 3.05) is 19.6 Å². The monoisotopic (exact) mass is 607 g/mol. The van der Waals surface area contributed by atoms with Gasteiger partial charge in [0, 0.05) is 43.2 Å². The molecule has 1 N–H and O–H groups in total. The minimum absolute atomic E-state index is 0.0144. The van der Waals surface area contributed by atoms with Crippen LogP contribution in [-0.4, -0.2) is 67.3 Å². The SMILES string of the molecule is C[C@H]1CCN(C[C@@H]2c3c(OCc4nnn(C)c4C(F)F)ccc(Cl)c3CCN2C(=O)[C@@H]2CCCC[C@]2(C)C(=O)O)C1=O. The fraction of sp³-hybridized carbons (Fsp3) is 0.621. The van der Waals surface area contributed by atoms with Gasteiger partial charge in [0.15, 0.2) is 0 Å². The van der Waals surface area contributed by atoms with Gasteiger partial charge in [-0.25, -0.2) is 13.5 Å². The predicted molar refractivity (Wildman–Crippen MR) is 148 cm³/mol. The number of rotatable bonds is 8. The fourth-order valence-electron chi connectivity index (χ4n) is 6.75. The van der Waals surface area contributed by atoms with Crippen LogP contribution in [-0.2, 0) is 34.5 Å². The first-order chi connectivity index (χ1) is 19.9. The van der Waals surface area contributed by atoms with Crippen molar-refractivity contribution in [3.05, 3.63) is 39.7 Å². The molecule has 1 saturated carbocycles. The maximum Gasteiger partial charge on any atom is 0.310 e. The zero-order chi connectivity index (χ0) is 30.3. The molecular weight excluding hydrogens is 572 g/mol. The van der Waals surface area contributed by atoms with Crippen molar-refractivity contribution < 1.29 is 33.0 Å². The molecule has 10 nitrogen and oxygen atoms in total. The number of alkyl halides is 2. The van der Waals surface area contributed by atoms with Crippen LogP contribution in [0.15, 0.2) is 12.1 Å². The van der Waals surface area contributed by atoms with E-state index in [9.17, 15) is 28.3 Å². The van der Waals surface area contributed by atoms with Gasteiger partial charge in [-0.05, 0) is 50.3 Å². The molecule has 0 unspecified atom stereocenters. The highest BCUT2D eigenvalue weighted by Crippen LogP contribution is 2.46. The third-order valence-electron chi connectivity index (χ3n) is 9.32. The molecule has 1 saturated heterocycles. The average Bonchev–Trinajstić information content (AvgIpc) is 3.49. The number of ether oxygens (including phenoxy) is 1. The fourth-order valence-corrected chi connectivity index (χ4v) is 7.01. The second-order valence-electron chi connectivity index (χ2n) is 11.9. The van der Waals surface area contributed by atoms with Crippen LogP contribution in [0.25, 0.3) is 0 Å². The number of hydrogen-bond acceptors (Lipinski definition) is 6. The van der Waals surface area contributed by atoms with Gasteiger partial charge in [-0.3, -0.25) is 14.4 Å². The van der Waals surface area contributed by atoms with Crippen molar-refractivity contribution in [1.29, 1.82) is 0 Å². The van der Waals surface area contributed by atoms with Gasteiger partial charge >= 0.3 is 5.97 Å². The van der Waals surface area contributed by atoms with Crippen molar-refractivity contribution >= 4 is 29.4 Å². The molecule has 2 amide bonds. The van der Waals surface area contributed by atoms with E-state index in [1.165, 1.54) is 7.05 Å². The van der Waals surface area contributed by atoms with Gasteiger partial charge in [-0.1, -0.05) is 36.6 Å². The topological polar surface area (TPSA) is 118 Å². The number of carbonyl (C=O) groups is 3. The third-order valence-corrected chi connectivity index (χ3v) is 9.68. The lowest BCUT2D eigenvalue weighted by molar-refractivity contribution is -0.162. The maximum atomic E-state index is 14.3. The standard InChI is InChI=1S/C29H36ClF2N5O5/c1-16-9-12-36(26(16)38)14-21-23-17(10-13-37(21)27(39)18-6-4-5-11-29(18,2)28(40)41)19(30)7-8-22(23)42-15-20-24(25(31)32)35(3)34-33-20/h7-8,16,18,21,25H,4-6,9-15H2,1-3H3,(H,40,41)/t16-,18-,21+,29-/m0/s1.